The minimum absolute atomic E-state index is 0.0843. The Labute approximate surface area is 135 Å². The highest BCUT2D eigenvalue weighted by molar-refractivity contribution is 7.81. The Bertz CT molecular complexity index is 611. The van der Waals surface area contributed by atoms with Crippen LogP contribution in [0.1, 0.15) is 33.6 Å². The van der Waals surface area contributed by atoms with Crippen LogP contribution in [0.2, 0.25) is 0 Å². The second kappa shape index (κ2) is 5.19. The predicted molar refractivity (Wildman–Crippen MR) is 84.4 cm³/mol. The third-order valence-electron chi connectivity index (χ3n) is 4.00. The van der Waals surface area contributed by atoms with E-state index in [2.05, 4.69) is 6.58 Å². The number of fused-ring (bicyclic) bond motifs is 2. The van der Waals surface area contributed by atoms with E-state index in [-0.39, 0.29) is 29.0 Å². The average Bonchev–Trinajstić information content (AvgIpc) is 2.70. The lowest BCUT2D eigenvalue weighted by atomic mass is 9.74. The van der Waals surface area contributed by atoms with Crippen LogP contribution in [0.25, 0.3) is 0 Å². The highest BCUT2D eigenvalue weighted by atomic mass is 32.1. The molecule has 2 bridgehead atoms. The lowest BCUT2D eigenvalue weighted by molar-refractivity contribution is -0.149. The number of carbonyl (C=O) groups excluding carboxylic acids is 2. The summed E-state index contributed by atoms with van der Waals surface area (Å²) in [7, 11) is 1.28. The molecule has 0 radical (unpaired) electrons. The van der Waals surface area contributed by atoms with Crippen molar-refractivity contribution < 1.29 is 24.2 Å². The zero-order valence-electron chi connectivity index (χ0n) is 13.2. The Kier molecular flexibility index (Phi) is 3.94. The molecular formula is C16H20O5S. The third-order valence-corrected chi connectivity index (χ3v) is 4.60. The molecule has 1 saturated carbocycles. The number of ether oxygens (including phenoxy) is 2. The maximum atomic E-state index is 12.4. The Balaban J connectivity index is 2.51. The molecule has 2 aliphatic rings. The van der Waals surface area contributed by atoms with E-state index in [1.807, 2.05) is 0 Å². The Morgan fingerprint density at radius 3 is 2.50 bits per heavy atom. The molecule has 1 N–H and O–H groups in total. The van der Waals surface area contributed by atoms with Crippen molar-refractivity contribution in [1.29, 1.82) is 0 Å². The van der Waals surface area contributed by atoms with Gasteiger partial charge in [-0.05, 0) is 33.6 Å². The van der Waals surface area contributed by atoms with Gasteiger partial charge in [-0.15, -0.1) is 0 Å². The minimum Gasteiger partial charge on any atom is -0.511 e. The fourth-order valence-electron chi connectivity index (χ4n) is 3.04. The van der Waals surface area contributed by atoms with Gasteiger partial charge in [-0.25, -0.2) is 4.79 Å². The molecule has 1 fully saturated rings. The number of carbonyl (C=O) groups is 2. The molecule has 22 heavy (non-hydrogen) atoms. The molecule has 6 heteroatoms. The maximum absolute atomic E-state index is 12.4. The van der Waals surface area contributed by atoms with E-state index in [9.17, 15) is 14.7 Å². The van der Waals surface area contributed by atoms with Crippen molar-refractivity contribution in [2.24, 2.45) is 11.3 Å². The molecule has 0 spiro atoms. The first-order valence-corrected chi connectivity index (χ1v) is 7.41. The van der Waals surface area contributed by atoms with E-state index in [0.717, 1.165) is 0 Å². The summed E-state index contributed by atoms with van der Waals surface area (Å²) in [5.74, 6) is -1.84. The van der Waals surface area contributed by atoms with E-state index in [1.54, 1.807) is 20.8 Å². The van der Waals surface area contributed by atoms with Crippen molar-refractivity contribution in [2.45, 2.75) is 39.2 Å². The zero-order valence-corrected chi connectivity index (χ0v) is 14.0. The van der Waals surface area contributed by atoms with E-state index in [4.69, 9.17) is 21.7 Å². The fourth-order valence-corrected chi connectivity index (χ4v) is 3.47. The summed E-state index contributed by atoms with van der Waals surface area (Å²) in [6.07, 6.45) is 0.564. The van der Waals surface area contributed by atoms with E-state index in [1.165, 1.54) is 7.11 Å². The molecule has 0 heterocycles. The Morgan fingerprint density at radius 1 is 1.41 bits per heavy atom. The van der Waals surface area contributed by atoms with Crippen molar-refractivity contribution in [2.75, 3.05) is 7.11 Å². The SMILES string of the molecule is C=C1C[C@]2(C(=O)OC)C[C@H]1C(O)=C(C(=O)OC(C)(C)C)C2=S. The van der Waals surface area contributed by atoms with Crippen molar-refractivity contribution >= 4 is 29.0 Å². The van der Waals surface area contributed by atoms with Gasteiger partial charge in [0.05, 0.1) is 12.0 Å². The topological polar surface area (TPSA) is 72.8 Å². The van der Waals surface area contributed by atoms with Crippen molar-refractivity contribution in [3.05, 3.63) is 23.5 Å². The second-order valence-corrected chi connectivity index (χ2v) is 7.16. The monoisotopic (exact) mass is 324 g/mol. The molecule has 0 aliphatic heterocycles. The van der Waals surface area contributed by atoms with Gasteiger partial charge in [0, 0.05) is 5.92 Å². The number of rotatable bonds is 2. The van der Waals surface area contributed by atoms with Crippen LogP contribution in [0, 0.1) is 11.3 Å². The number of thiocarbonyl (C=S) groups is 1. The molecule has 0 aromatic rings. The predicted octanol–water partition coefficient (Wildman–Crippen LogP) is 2.65. The fraction of sp³-hybridized carbons (Fsp3) is 0.562. The summed E-state index contributed by atoms with van der Waals surface area (Å²) in [5.41, 5.74) is -1.26. The average molecular weight is 324 g/mol. The number of esters is 2. The normalized spacial score (nSPS) is 27.9. The first-order valence-electron chi connectivity index (χ1n) is 7.01. The highest BCUT2D eigenvalue weighted by Gasteiger charge is 2.58. The molecule has 0 saturated heterocycles. The molecule has 120 valence electrons. The summed E-state index contributed by atoms with van der Waals surface area (Å²) >= 11 is 5.36. The standard InChI is InChI=1S/C16H20O5S/c1-8-6-16(14(19)20-5)7-9(8)11(17)10(12(16)22)13(18)21-15(2,3)4/h9,17H,1,6-7H2,2-5H3/t9-,16+/m1/s1. The smallest absolute Gasteiger partial charge is 0.343 e. The lowest BCUT2D eigenvalue weighted by Gasteiger charge is -2.32. The van der Waals surface area contributed by atoms with Crippen LogP contribution in [0.15, 0.2) is 23.5 Å². The van der Waals surface area contributed by atoms with E-state index < -0.39 is 28.9 Å². The van der Waals surface area contributed by atoms with Crippen LogP contribution >= 0.6 is 12.2 Å². The second-order valence-electron chi connectivity index (χ2n) is 6.76. The number of hydrogen-bond acceptors (Lipinski definition) is 6. The van der Waals surface area contributed by atoms with Gasteiger partial charge in [0.1, 0.15) is 22.3 Å². The van der Waals surface area contributed by atoms with Gasteiger partial charge in [0.15, 0.2) is 0 Å². The molecule has 0 aromatic carbocycles. The zero-order chi connectivity index (χ0) is 16.9. The van der Waals surface area contributed by atoms with Crippen LogP contribution in [0.3, 0.4) is 0 Å². The van der Waals surface area contributed by atoms with Crippen LogP contribution < -0.4 is 0 Å². The van der Waals surface area contributed by atoms with Crippen LogP contribution in [-0.4, -0.2) is 34.6 Å². The van der Waals surface area contributed by atoms with Crippen LogP contribution in [-0.2, 0) is 19.1 Å². The third kappa shape index (κ3) is 2.45. The first-order chi connectivity index (χ1) is 10.0. The van der Waals surface area contributed by atoms with Crippen LogP contribution in [0.5, 0.6) is 0 Å². The number of hydrogen-bond donors (Lipinski definition) is 1. The number of aliphatic hydroxyl groups excluding tert-OH is 1. The summed E-state index contributed by atoms with van der Waals surface area (Å²) in [6.45, 7) is 9.06. The number of methoxy groups -OCH3 is 1. The Hall–Kier alpha value is -1.69. The summed E-state index contributed by atoms with van der Waals surface area (Å²) < 4.78 is 10.2. The molecule has 0 unspecified atom stereocenters. The van der Waals surface area contributed by atoms with E-state index in [0.29, 0.717) is 5.57 Å². The number of allylic oxidation sites excluding steroid dienone is 1. The van der Waals surface area contributed by atoms with Crippen molar-refractivity contribution in [1.82, 2.24) is 0 Å². The van der Waals surface area contributed by atoms with Gasteiger partial charge in [0.25, 0.3) is 0 Å². The highest BCUT2D eigenvalue weighted by Crippen LogP contribution is 2.54. The minimum atomic E-state index is -1.11. The van der Waals surface area contributed by atoms with Gasteiger partial charge < -0.3 is 14.6 Å². The largest absolute Gasteiger partial charge is 0.511 e. The van der Waals surface area contributed by atoms with Crippen LogP contribution in [0.4, 0.5) is 0 Å². The van der Waals surface area contributed by atoms with E-state index >= 15 is 0 Å². The van der Waals surface area contributed by atoms with Gasteiger partial charge >= 0.3 is 11.9 Å². The lowest BCUT2D eigenvalue weighted by Crippen LogP contribution is -2.43. The molecule has 0 amide bonds. The van der Waals surface area contributed by atoms with Gasteiger partial charge in [-0.1, -0.05) is 24.4 Å². The molecule has 0 aromatic heterocycles. The molecule has 5 nitrogen and oxygen atoms in total. The molecule has 2 aliphatic carbocycles. The molecule has 2 rings (SSSR count). The summed E-state index contributed by atoms with van der Waals surface area (Å²) in [5, 5.41) is 10.4. The quantitative estimate of drug-likeness (QED) is 0.478. The number of aliphatic hydroxyl groups is 1. The Morgan fingerprint density at radius 2 is 2.00 bits per heavy atom. The van der Waals surface area contributed by atoms with Crippen molar-refractivity contribution in [3.8, 4) is 0 Å². The van der Waals surface area contributed by atoms with Gasteiger partial charge in [-0.2, -0.15) is 0 Å². The molecule has 2 atom stereocenters. The summed E-state index contributed by atoms with van der Waals surface area (Å²) in [4.78, 5) is 24.7. The maximum Gasteiger partial charge on any atom is 0.343 e. The van der Waals surface area contributed by atoms with Gasteiger partial charge in [0.2, 0.25) is 0 Å². The first kappa shape index (κ1) is 16.7. The van der Waals surface area contributed by atoms with Crippen molar-refractivity contribution in [3.63, 3.8) is 0 Å². The summed E-state index contributed by atoms with van der Waals surface area (Å²) in [6, 6.07) is 0. The molecular weight excluding hydrogens is 304 g/mol. The van der Waals surface area contributed by atoms with Gasteiger partial charge in [-0.3, -0.25) is 4.79 Å².